The molecule has 6 heteroatoms. The Balaban J connectivity index is 2.14. The van der Waals surface area contributed by atoms with Crippen molar-refractivity contribution in [1.29, 1.82) is 0 Å². The summed E-state index contributed by atoms with van der Waals surface area (Å²) in [6, 6.07) is 8.37. The van der Waals surface area contributed by atoms with Gasteiger partial charge in [0.25, 0.3) is 0 Å². The summed E-state index contributed by atoms with van der Waals surface area (Å²) in [4.78, 5) is 0. The van der Waals surface area contributed by atoms with Crippen LogP contribution in [0.2, 0.25) is 0 Å². The Bertz CT molecular complexity index is 500. The summed E-state index contributed by atoms with van der Waals surface area (Å²) in [5.41, 5.74) is 0.959. The maximum Gasteiger partial charge on any atom is 0.320 e. The average Bonchev–Trinajstić information content (AvgIpc) is 2.80. The van der Waals surface area contributed by atoms with E-state index in [1.807, 2.05) is 38.2 Å². The van der Waals surface area contributed by atoms with Crippen LogP contribution < -0.4 is 10.6 Å². The van der Waals surface area contributed by atoms with E-state index in [0.717, 1.165) is 9.26 Å². The van der Waals surface area contributed by atoms with Gasteiger partial charge in [-0.15, -0.1) is 5.10 Å². The summed E-state index contributed by atoms with van der Waals surface area (Å²) >= 11 is 2.25. The van der Waals surface area contributed by atoms with E-state index in [2.05, 4.69) is 43.4 Å². The van der Waals surface area contributed by atoms with Gasteiger partial charge in [-0.1, -0.05) is 17.2 Å². The van der Waals surface area contributed by atoms with Gasteiger partial charge in [0.15, 0.2) is 0 Å². The van der Waals surface area contributed by atoms with Gasteiger partial charge in [0.05, 0.1) is 11.7 Å². The number of para-hydroxylation sites is 1. The number of hydrogen-bond acceptors (Lipinski definition) is 5. The summed E-state index contributed by atoms with van der Waals surface area (Å²) in [7, 11) is 1.85. The smallest absolute Gasteiger partial charge is 0.320 e. The molecule has 17 heavy (non-hydrogen) atoms. The molecule has 0 amide bonds. The molecule has 1 atom stereocenters. The van der Waals surface area contributed by atoms with Gasteiger partial charge >= 0.3 is 6.01 Å². The van der Waals surface area contributed by atoms with E-state index >= 15 is 0 Å². The summed E-state index contributed by atoms with van der Waals surface area (Å²) in [5, 5.41) is 14.1. The first-order valence-electron chi connectivity index (χ1n) is 5.23. The SMILES string of the molecule is CNC(C)c1nnc(Nc2ccccc2I)o1. The first-order valence-corrected chi connectivity index (χ1v) is 6.31. The molecule has 1 heterocycles. The lowest BCUT2D eigenvalue weighted by Gasteiger charge is -2.04. The third-order valence-corrected chi connectivity index (χ3v) is 3.30. The Kier molecular flexibility index (Phi) is 3.95. The highest BCUT2D eigenvalue weighted by atomic mass is 127. The topological polar surface area (TPSA) is 63.0 Å². The normalized spacial score (nSPS) is 12.4. The van der Waals surface area contributed by atoms with Crippen molar-refractivity contribution in [3.63, 3.8) is 0 Å². The maximum atomic E-state index is 5.50. The first-order chi connectivity index (χ1) is 8.20. The van der Waals surface area contributed by atoms with Crippen molar-refractivity contribution in [3.05, 3.63) is 33.7 Å². The Morgan fingerprint density at radius 1 is 1.29 bits per heavy atom. The molecule has 0 fully saturated rings. The van der Waals surface area contributed by atoms with Crippen LogP contribution in [-0.2, 0) is 0 Å². The van der Waals surface area contributed by atoms with E-state index in [1.54, 1.807) is 0 Å². The number of aromatic nitrogens is 2. The molecule has 1 aromatic heterocycles. The number of benzene rings is 1. The van der Waals surface area contributed by atoms with Crippen molar-refractivity contribution in [2.45, 2.75) is 13.0 Å². The minimum absolute atomic E-state index is 0.0490. The standard InChI is InChI=1S/C11H13IN4O/c1-7(13-2)10-15-16-11(17-10)14-9-6-4-3-5-8(9)12/h3-7,13H,1-2H3,(H,14,16). The predicted octanol–water partition coefficient (Wildman–Crippen LogP) is 2.70. The molecular formula is C11H13IN4O. The van der Waals surface area contributed by atoms with E-state index in [4.69, 9.17) is 4.42 Å². The van der Waals surface area contributed by atoms with Crippen molar-refractivity contribution >= 4 is 34.3 Å². The molecule has 90 valence electrons. The van der Waals surface area contributed by atoms with Crippen molar-refractivity contribution < 1.29 is 4.42 Å². The molecule has 0 saturated heterocycles. The van der Waals surface area contributed by atoms with Gasteiger partial charge < -0.3 is 15.1 Å². The van der Waals surface area contributed by atoms with Crippen LogP contribution in [0.3, 0.4) is 0 Å². The molecule has 0 aliphatic heterocycles. The fraction of sp³-hybridized carbons (Fsp3) is 0.273. The van der Waals surface area contributed by atoms with E-state index in [9.17, 15) is 0 Å². The first kappa shape index (κ1) is 12.3. The zero-order valence-corrected chi connectivity index (χ0v) is 11.7. The monoisotopic (exact) mass is 344 g/mol. The van der Waals surface area contributed by atoms with Crippen LogP contribution in [-0.4, -0.2) is 17.2 Å². The van der Waals surface area contributed by atoms with Crippen molar-refractivity contribution in [2.24, 2.45) is 0 Å². The second kappa shape index (κ2) is 5.46. The second-order valence-corrected chi connectivity index (χ2v) is 4.72. The molecule has 0 saturated carbocycles. The highest BCUT2D eigenvalue weighted by Gasteiger charge is 2.12. The zero-order valence-electron chi connectivity index (χ0n) is 9.57. The fourth-order valence-electron chi connectivity index (χ4n) is 1.26. The molecule has 0 aliphatic rings. The van der Waals surface area contributed by atoms with E-state index in [0.29, 0.717) is 11.9 Å². The number of anilines is 2. The second-order valence-electron chi connectivity index (χ2n) is 3.56. The third kappa shape index (κ3) is 2.95. The molecule has 5 nitrogen and oxygen atoms in total. The van der Waals surface area contributed by atoms with E-state index in [1.165, 1.54) is 0 Å². The van der Waals surface area contributed by atoms with Gasteiger partial charge in [0.1, 0.15) is 0 Å². The summed E-state index contributed by atoms with van der Waals surface area (Å²) in [5.74, 6) is 0.570. The molecule has 0 aliphatic carbocycles. The number of halogens is 1. The lowest BCUT2D eigenvalue weighted by Crippen LogP contribution is -2.12. The molecule has 0 radical (unpaired) electrons. The Labute approximate surface area is 113 Å². The van der Waals surface area contributed by atoms with Crippen LogP contribution in [0.15, 0.2) is 28.7 Å². The minimum atomic E-state index is 0.0490. The van der Waals surface area contributed by atoms with Crippen LogP contribution in [0.25, 0.3) is 0 Å². The lowest BCUT2D eigenvalue weighted by molar-refractivity contribution is 0.443. The van der Waals surface area contributed by atoms with Crippen molar-refractivity contribution in [3.8, 4) is 0 Å². The third-order valence-electron chi connectivity index (χ3n) is 2.36. The van der Waals surface area contributed by atoms with Crippen LogP contribution in [0.4, 0.5) is 11.7 Å². The highest BCUT2D eigenvalue weighted by molar-refractivity contribution is 14.1. The maximum absolute atomic E-state index is 5.50. The Morgan fingerprint density at radius 2 is 2.06 bits per heavy atom. The van der Waals surface area contributed by atoms with Gasteiger partial charge in [-0.2, -0.15) is 0 Å². The lowest BCUT2D eigenvalue weighted by atomic mass is 10.3. The molecule has 0 spiro atoms. The average molecular weight is 344 g/mol. The number of nitrogens with zero attached hydrogens (tertiary/aromatic N) is 2. The largest absolute Gasteiger partial charge is 0.406 e. The number of rotatable bonds is 4. The molecular weight excluding hydrogens is 331 g/mol. The van der Waals surface area contributed by atoms with Gasteiger partial charge in [-0.3, -0.25) is 0 Å². The summed E-state index contributed by atoms with van der Waals surface area (Å²) < 4.78 is 6.60. The highest BCUT2D eigenvalue weighted by Crippen LogP contribution is 2.22. The Morgan fingerprint density at radius 3 is 2.76 bits per heavy atom. The molecule has 0 bridgehead atoms. The van der Waals surface area contributed by atoms with Crippen molar-refractivity contribution in [1.82, 2.24) is 15.5 Å². The van der Waals surface area contributed by atoms with Gasteiger partial charge in [0, 0.05) is 3.57 Å². The van der Waals surface area contributed by atoms with Gasteiger partial charge in [0.2, 0.25) is 5.89 Å². The van der Waals surface area contributed by atoms with E-state index < -0.39 is 0 Å². The molecule has 2 rings (SSSR count). The van der Waals surface area contributed by atoms with Gasteiger partial charge in [-0.25, -0.2) is 0 Å². The van der Waals surface area contributed by atoms with Crippen molar-refractivity contribution in [2.75, 3.05) is 12.4 Å². The predicted molar refractivity (Wildman–Crippen MR) is 74.2 cm³/mol. The molecule has 2 aromatic rings. The molecule has 2 N–H and O–H groups in total. The van der Waals surface area contributed by atoms with Gasteiger partial charge in [-0.05, 0) is 48.7 Å². The molecule has 1 unspecified atom stereocenters. The molecule has 1 aromatic carbocycles. The van der Waals surface area contributed by atoms with E-state index in [-0.39, 0.29) is 6.04 Å². The van der Waals surface area contributed by atoms with Crippen LogP contribution in [0.1, 0.15) is 18.9 Å². The van der Waals surface area contributed by atoms with Crippen LogP contribution >= 0.6 is 22.6 Å². The zero-order chi connectivity index (χ0) is 12.3. The Hall–Kier alpha value is -1.15. The summed E-state index contributed by atoms with van der Waals surface area (Å²) in [6.07, 6.45) is 0. The van der Waals surface area contributed by atoms with Crippen LogP contribution in [0.5, 0.6) is 0 Å². The summed E-state index contributed by atoms with van der Waals surface area (Å²) in [6.45, 7) is 1.96. The fourth-order valence-corrected chi connectivity index (χ4v) is 1.78. The number of nitrogens with one attached hydrogen (secondary N) is 2. The van der Waals surface area contributed by atoms with Crippen LogP contribution in [0, 0.1) is 3.57 Å². The number of hydrogen-bond donors (Lipinski definition) is 2. The minimum Gasteiger partial charge on any atom is -0.406 e. The quantitative estimate of drug-likeness (QED) is 0.835.